The van der Waals surface area contributed by atoms with Crippen molar-refractivity contribution in [1.29, 1.82) is 0 Å². The first kappa shape index (κ1) is 8.16. The molecule has 0 fully saturated rings. The van der Waals surface area contributed by atoms with Crippen molar-refractivity contribution in [2.24, 2.45) is 5.92 Å². The van der Waals surface area contributed by atoms with Crippen molar-refractivity contribution < 1.29 is 9.90 Å². The molecule has 1 aliphatic carbocycles. The van der Waals surface area contributed by atoms with Gasteiger partial charge in [-0.3, -0.25) is 4.79 Å². The Hall–Kier alpha value is -1.45. The summed E-state index contributed by atoms with van der Waals surface area (Å²) in [5.74, 6) is -0.965. The summed E-state index contributed by atoms with van der Waals surface area (Å²) < 4.78 is 0. The van der Waals surface area contributed by atoms with Crippen LogP contribution in [0.15, 0.2) is 12.5 Å². The summed E-state index contributed by atoms with van der Waals surface area (Å²) in [7, 11) is 0. The van der Waals surface area contributed by atoms with Gasteiger partial charge in [0, 0.05) is 11.9 Å². The minimum atomic E-state index is -0.713. The molecule has 0 radical (unpaired) electrons. The van der Waals surface area contributed by atoms with Gasteiger partial charge in [-0.1, -0.05) is 0 Å². The average Bonchev–Trinajstić information content (AvgIpc) is 2.17. The van der Waals surface area contributed by atoms with Crippen molar-refractivity contribution >= 4 is 5.97 Å². The Bertz CT molecular complexity index is 338. The first-order valence-corrected chi connectivity index (χ1v) is 4.28. The molecule has 0 saturated heterocycles. The van der Waals surface area contributed by atoms with Crippen molar-refractivity contribution in [1.82, 2.24) is 9.97 Å². The third-order valence-electron chi connectivity index (χ3n) is 2.43. The van der Waals surface area contributed by atoms with E-state index in [0.717, 1.165) is 17.7 Å². The minimum Gasteiger partial charge on any atom is -0.481 e. The van der Waals surface area contributed by atoms with Crippen molar-refractivity contribution in [3.05, 3.63) is 23.8 Å². The highest BCUT2D eigenvalue weighted by atomic mass is 16.4. The van der Waals surface area contributed by atoms with Crippen LogP contribution in [0.2, 0.25) is 0 Å². The smallest absolute Gasteiger partial charge is 0.306 e. The van der Waals surface area contributed by atoms with E-state index < -0.39 is 5.97 Å². The van der Waals surface area contributed by atoms with E-state index in [2.05, 4.69) is 9.97 Å². The molecule has 2 rings (SSSR count). The molecular weight excluding hydrogens is 168 g/mol. The number of hydrogen-bond donors (Lipinski definition) is 1. The molecule has 0 amide bonds. The summed E-state index contributed by atoms with van der Waals surface area (Å²) >= 11 is 0. The fraction of sp³-hybridized carbons (Fsp3) is 0.444. The van der Waals surface area contributed by atoms with Crippen LogP contribution in [0.4, 0.5) is 0 Å². The van der Waals surface area contributed by atoms with E-state index in [9.17, 15) is 4.79 Å². The van der Waals surface area contributed by atoms with Gasteiger partial charge >= 0.3 is 5.97 Å². The lowest BCUT2D eigenvalue weighted by Crippen LogP contribution is -2.22. The number of rotatable bonds is 1. The normalized spacial score (nSPS) is 20.8. The van der Waals surface area contributed by atoms with Crippen molar-refractivity contribution in [3.8, 4) is 0 Å². The molecule has 4 heteroatoms. The number of carboxylic acid groups (broad SMARTS) is 1. The highest BCUT2D eigenvalue weighted by Crippen LogP contribution is 2.22. The number of carboxylic acids is 1. The second-order valence-electron chi connectivity index (χ2n) is 3.27. The van der Waals surface area contributed by atoms with Crippen LogP contribution in [0.5, 0.6) is 0 Å². The summed E-state index contributed by atoms with van der Waals surface area (Å²) in [6.45, 7) is 0. The molecule has 0 aromatic carbocycles. The highest BCUT2D eigenvalue weighted by Gasteiger charge is 2.24. The summed E-state index contributed by atoms with van der Waals surface area (Å²) in [6, 6.07) is 0. The maximum Gasteiger partial charge on any atom is 0.306 e. The van der Waals surface area contributed by atoms with Crippen LogP contribution >= 0.6 is 0 Å². The van der Waals surface area contributed by atoms with E-state index in [1.54, 1.807) is 6.20 Å². The van der Waals surface area contributed by atoms with Crippen LogP contribution in [-0.4, -0.2) is 21.0 Å². The Labute approximate surface area is 75.6 Å². The summed E-state index contributed by atoms with van der Waals surface area (Å²) in [4.78, 5) is 18.7. The maximum atomic E-state index is 10.7. The van der Waals surface area contributed by atoms with Gasteiger partial charge in [0.05, 0.1) is 5.92 Å². The number of aliphatic carboxylic acids is 1. The quantitative estimate of drug-likeness (QED) is 0.686. The van der Waals surface area contributed by atoms with E-state index in [-0.39, 0.29) is 5.92 Å². The minimum absolute atomic E-state index is 0.251. The van der Waals surface area contributed by atoms with Gasteiger partial charge in [0.15, 0.2) is 0 Å². The van der Waals surface area contributed by atoms with Gasteiger partial charge in [-0.25, -0.2) is 9.97 Å². The molecule has 4 nitrogen and oxygen atoms in total. The molecule has 0 spiro atoms. The van der Waals surface area contributed by atoms with Crippen molar-refractivity contribution in [2.45, 2.75) is 19.3 Å². The van der Waals surface area contributed by atoms with Crippen LogP contribution < -0.4 is 0 Å². The van der Waals surface area contributed by atoms with Gasteiger partial charge in [0.2, 0.25) is 0 Å². The molecule has 1 heterocycles. The Balaban J connectivity index is 2.24. The van der Waals surface area contributed by atoms with Crippen LogP contribution in [0.25, 0.3) is 0 Å². The third kappa shape index (κ3) is 1.52. The Morgan fingerprint density at radius 2 is 2.46 bits per heavy atom. The van der Waals surface area contributed by atoms with Crippen LogP contribution in [0.1, 0.15) is 17.7 Å². The van der Waals surface area contributed by atoms with Gasteiger partial charge in [0.25, 0.3) is 0 Å². The molecular formula is C9H10N2O2. The molecule has 1 aromatic rings. The topological polar surface area (TPSA) is 63.1 Å². The van der Waals surface area contributed by atoms with Gasteiger partial charge in [-0.2, -0.15) is 0 Å². The Morgan fingerprint density at radius 1 is 1.62 bits per heavy atom. The molecule has 1 aliphatic rings. The Morgan fingerprint density at radius 3 is 3.23 bits per heavy atom. The lowest BCUT2D eigenvalue weighted by atomic mass is 9.87. The summed E-state index contributed by atoms with van der Waals surface area (Å²) in [5, 5.41) is 8.82. The molecule has 68 valence electrons. The van der Waals surface area contributed by atoms with E-state index in [1.165, 1.54) is 6.33 Å². The van der Waals surface area contributed by atoms with Gasteiger partial charge in [0.1, 0.15) is 6.33 Å². The molecule has 1 N–H and O–H groups in total. The van der Waals surface area contributed by atoms with E-state index in [4.69, 9.17) is 5.11 Å². The summed E-state index contributed by atoms with van der Waals surface area (Å²) in [5.41, 5.74) is 1.99. The Kier molecular flexibility index (Phi) is 1.96. The maximum absolute atomic E-state index is 10.7. The fourth-order valence-corrected chi connectivity index (χ4v) is 1.67. The largest absolute Gasteiger partial charge is 0.481 e. The fourth-order valence-electron chi connectivity index (χ4n) is 1.67. The predicted octanol–water partition coefficient (Wildman–Crippen LogP) is 0.666. The number of aryl methyl sites for hydroxylation is 1. The molecule has 0 unspecified atom stereocenters. The van der Waals surface area contributed by atoms with E-state index in [0.29, 0.717) is 12.8 Å². The zero-order valence-corrected chi connectivity index (χ0v) is 7.10. The number of fused-ring (bicyclic) bond motifs is 1. The van der Waals surface area contributed by atoms with Crippen LogP contribution in [0, 0.1) is 5.92 Å². The second-order valence-corrected chi connectivity index (χ2v) is 3.27. The van der Waals surface area contributed by atoms with Crippen molar-refractivity contribution in [2.75, 3.05) is 0 Å². The molecule has 0 saturated carbocycles. The molecule has 1 aromatic heterocycles. The first-order chi connectivity index (χ1) is 6.27. The van der Waals surface area contributed by atoms with Crippen molar-refractivity contribution in [3.63, 3.8) is 0 Å². The third-order valence-corrected chi connectivity index (χ3v) is 2.43. The van der Waals surface area contributed by atoms with E-state index >= 15 is 0 Å². The van der Waals surface area contributed by atoms with E-state index in [1.807, 2.05) is 0 Å². The lowest BCUT2D eigenvalue weighted by Gasteiger charge is -2.19. The monoisotopic (exact) mass is 178 g/mol. The zero-order chi connectivity index (χ0) is 9.26. The SMILES string of the molecule is O=C(O)[C@@H]1CCc2ncncc2C1. The zero-order valence-electron chi connectivity index (χ0n) is 7.10. The average molecular weight is 178 g/mol. The molecule has 1 atom stereocenters. The second kappa shape index (κ2) is 3.12. The predicted molar refractivity (Wildman–Crippen MR) is 45.2 cm³/mol. The van der Waals surface area contributed by atoms with Gasteiger partial charge < -0.3 is 5.11 Å². The number of aromatic nitrogens is 2. The number of nitrogens with zero attached hydrogens (tertiary/aromatic N) is 2. The van der Waals surface area contributed by atoms with Gasteiger partial charge in [-0.15, -0.1) is 0 Å². The number of carbonyl (C=O) groups is 1. The first-order valence-electron chi connectivity index (χ1n) is 4.28. The summed E-state index contributed by atoms with van der Waals surface area (Å²) in [6.07, 6.45) is 5.26. The highest BCUT2D eigenvalue weighted by molar-refractivity contribution is 5.70. The number of hydrogen-bond acceptors (Lipinski definition) is 3. The van der Waals surface area contributed by atoms with Crippen LogP contribution in [-0.2, 0) is 17.6 Å². The van der Waals surface area contributed by atoms with Crippen LogP contribution in [0.3, 0.4) is 0 Å². The standard InChI is InChI=1S/C9H10N2O2/c12-9(13)6-1-2-8-7(3-6)4-10-5-11-8/h4-6H,1-3H2,(H,12,13)/t6-/m1/s1. The molecule has 0 bridgehead atoms. The molecule has 0 aliphatic heterocycles. The van der Waals surface area contributed by atoms with Gasteiger partial charge in [-0.05, 0) is 24.8 Å². The lowest BCUT2D eigenvalue weighted by molar-refractivity contribution is -0.142. The molecule has 13 heavy (non-hydrogen) atoms.